The van der Waals surface area contributed by atoms with Crippen LogP contribution in [-0.2, 0) is 19.1 Å². The number of nitrogens with zero attached hydrogens (tertiary/aromatic N) is 1. The molecular formula is C25H38NO5+. The molecule has 6 heteroatoms. The molecule has 3 unspecified atom stereocenters. The van der Waals surface area contributed by atoms with Crippen LogP contribution in [0.5, 0.6) is 5.75 Å². The van der Waals surface area contributed by atoms with Crippen molar-refractivity contribution >= 4 is 11.9 Å². The second kappa shape index (κ2) is 9.19. The van der Waals surface area contributed by atoms with E-state index in [4.69, 9.17) is 14.2 Å². The summed E-state index contributed by atoms with van der Waals surface area (Å²) in [5.74, 6) is 0.937. The maximum absolute atomic E-state index is 12.5. The van der Waals surface area contributed by atoms with Crippen LogP contribution in [0.15, 0.2) is 30.3 Å². The fourth-order valence-corrected chi connectivity index (χ4v) is 5.23. The summed E-state index contributed by atoms with van der Waals surface area (Å²) in [7, 11) is 3.86. The van der Waals surface area contributed by atoms with Crippen LogP contribution in [0, 0.1) is 16.7 Å². The van der Waals surface area contributed by atoms with E-state index in [9.17, 15) is 9.59 Å². The number of carbonyl (C=O) groups excluding carboxylic acids is 2. The van der Waals surface area contributed by atoms with Crippen molar-refractivity contribution in [1.29, 1.82) is 0 Å². The summed E-state index contributed by atoms with van der Waals surface area (Å²) in [5, 5.41) is 0. The van der Waals surface area contributed by atoms with Crippen LogP contribution >= 0.6 is 0 Å². The van der Waals surface area contributed by atoms with Crippen LogP contribution in [-0.4, -0.2) is 62.9 Å². The van der Waals surface area contributed by atoms with Gasteiger partial charge in [-0.3, -0.25) is 4.79 Å². The van der Waals surface area contributed by atoms with Gasteiger partial charge in [-0.1, -0.05) is 39.0 Å². The first-order valence-corrected chi connectivity index (χ1v) is 11.4. The molecule has 172 valence electrons. The quantitative estimate of drug-likeness (QED) is 0.319. The van der Waals surface area contributed by atoms with Gasteiger partial charge in [0.2, 0.25) is 0 Å². The highest BCUT2D eigenvalue weighted by Crippen LogP contribution is 2.66. The minimum Gasteiger partial charge on any atom is -0.490 e. The number of rotatable bonds is 10. The Morgan fingerprint density at radius 2 is 1.77 bits per heavy atom. The molecule has 0 N–H and O–H groups in total. The number of esters is 2. The fourth-order valence-electron chi connectivity index (χ4n) is 5.23. The molecule has 0 aliphatic heterocycles. The zero-order valence-corrected chi connectivity index (χ0v) is 19.7. The highest BCUT2D eigenvalue weighted by atomic mass is 16.6. The van der Waals surface area contributed by atoms with Crippen molar-refractivity contribution in [3.05, 3.63) is 30.3 Å². The maximum Gasteiger partial charge on any atom is 0.361 e. The Labute approximate surface area is 186 Å². The highest BCUT2D eigenvalue weighted by Gasteiger charge is 2.62. The number of quaternary nitrogens is 1. The number of likely N-dealkylation sites (N-methyl/N-ethyl adjacent to an activating group) is 1. The summed E-state index contributed by atoms with van der Waals surface area (Å²) in [5.41, 5.74) is 0.296. The minimum atomic E-state index is -0.294. The van der Waals surface area contributed by atoms with Gasteiger partial charge in [-0.15, -0.1) is 0 Å². The molecule has 2 saturated carbocycles. The van der Waals surface area contributed by atoms with Crippen LogP contribution < -0.4 is 4.74 Å². The fraction of sp³-hybridized carbons (Fsp3) is 0.680. The van der Waals surface area contributed by atoms with Gasteiger partial charge in [-0.05, 0) is 42.7 Å². The third-order valence-corrected chi connectivity index (χ3v) is 7.82. The molecule has 0 spiro atoms. The van der Waals surface area contributed by atoms with Crippen molar-refractivity contribution in [1.82, 2.24) is 0 Å². The molecule has 1 aromatic carbocycles. The normalized spacial score (nSPS) is 26.5. The molecular weight excluding hydrogens is 394 g/mol. The lowest BCUT2D eigenvalue weighted by atomic mass is 9.70. The standard InChI is InChI=1S/C25H38NO5/c1-24(2)19-11-13-25(24,3)21(17-19)31-22(27)12-14-26(4,5)18-23(28)30-16-15-29-20-9-7-6-8-10-20/h6-10,19,21H,11-18H2,1-5H3/q+1. The maximum atomic E-state index is 12.5. The topological polar surface area (TPSA) is 61.8 Å². The lowest BCUT2D eigenvalue weighted by Crippen LogP contribution is -2.46. The minimum absolute atomic E-state index is 0.0129. The van der Waals surface area contributed by atoms with Gasteiger partial charge in [0.25, 0.3) is 0 Å². The van der Waals surface area contributed by atoms with Gasteiger partial charge in [0.15, 0.2) is 6.54 Å². The first kappa shape index (κ1) is 23.6. The zero-order valence-electron chi connectivity index (χ0n) is 19.7. The highest BCUT2D eigenvalue weighted by molar-refractivity contribution is 5.71. The Balaban J connectivity index is 1.35. The molecule has 1 aromatic rings. The monoisotopic (exact) mass is 432 g/mol. The van der Waals surface area contributed by atoms with Crippen molar-refractivity contribution in [3.63, 3.8) is 0 Å². The molecule has 31 heavy (non-hydrogen) atoms. The van der Waals surface area contributed by atoms with Crippen molar-refractivity contribution in [2.45, 2.75) is 52.6 Å². The lowest BCUT2D eigenvalue weighted by Gasteiger charge is -2.38. The van der Waals surface area contributed by atoms with Crippen molar-refractivity contribution < 1.29 is 28.3 Å². The van der Waals surface area contributed by atoms with E-state index in [2.05, 4.69) is 20.8 Å². The van der Waals surface area contributed by atoms with Gasteiger partial charge in [0.05, 0.1) is 27.1 Å². The summed E-state index contributed by atoms with van der Waals surface area (Å²) >= 11 is 0. The number of carbonyl (C=O) groups is 2. The van der Waals surface area contributed by atoms with Crippen molar-refractivity contribution in [2.75, 3.05) is 40.4 Å². The molecule has 0 amide bonds. The summed E-state index contributed by atoms with van der Waals surface area (Å²) < 4.78 is 17.1. The number of para-hydroxylation sites is 1. The van der Waals surface area contributed by atoms with Gasteiger partial charge in [0.1, 0.15) is 25.1 Å². The van der Waals surface area contributed by atoms with Gasteiger partial charge in [-0.2, -0.15) is 0 Å². The molecule has 0 heterocycles. The second-order valence-electron chi connectivity index (χ2n) is 10.5. The number of ether oxygens (including phenoxy) is 3. The predicted octanol–water partition coefficient (Wildman–Crippen LogP) is 3.83. The van der Waals surface area contributed by atoms with E-state index < -0.39 is 0 Å². The molecule has 0 saturated heterocycles. The third-order valence-electron chi connectivity index (χ3n) is 7.82. The van der Waals surface area contributed by atoms with Crippen LogP contribution in [0.2, 0.25) is 0 Å². The number of fused-ring (bicyclic) bond motifs is 2. The average Bonchev–Trinajstić information content (AvgIpc) is 3.04. The second-order valence-corrected chi connectivity index (χ2v) is 10.5. The van der Waals surface area contributed by atoms with Crippen LogP contribution in [0.1, 0.15) is 46.5 Å². The van der Waals surface area contributed by atoms with Gasteiger partial charge in [0, 0.05) is 5.41 Å². The summed E-state index contributed by atoms with van der Waals surface area (Å²) in [6, 6.07) is 9.43. The van der Waals surface area contributed by atoms with E-state index in [-0.39, 0.29) is 42.0 Å². The number of hydrogen-bond acceptors (Lipinski definition) is 5. The summed E-state index contributed by atoms with van der Waals surface area (Å²) in [6.45, 7) is 8.15. The van der Waals surface area contributed by atoms with Gasteiger partial charge >= 0.3 is 11.9 Å². The molecule has 3 atom stereocenters. The van der Waals surface area contributed by atoms with Crippen LogP contribution in [0.25, 0.3) is 0 Å². The SMILES string of the molecule is CC1(C)C2CCC1(C)C(OC(=O)CC[N+](C)(C)CC(=O)OCCOc1ccccc1)C2. The van der Waals surface area contributed by atoms with E-state index in [1.165, 1.54) is 6.42 Å². The first-order valence-electron chi connectivity index (χ1n) is 11.4. The van der Waals surface area contributed by atoms with Crippen LogP contribution in [0.3, 0.4) is 0 Å². The van der Waals surface area contributed by atoms with Gasteiger partial charge in [-0.25, -0.2) is 4.79 Å². The molecule has 2 fully saturated rings. The smallest absolute Gasteiger partial charge is 0.361 e. The Morgan fingerprint density at radius 1 is 1.06 bits per heavy atom. The van der Waals surface area contributed by atoms with Crippen molar-refractivity contribution in [2.24, 2.45) is 16.7 Å². The molecule has 2 aliphatic rings. The van der Waals surface area contributed by atoms with Crippen LogP contribution in [0.4, 0.5) is 0 Å². The lowest BCUT2D eigenvalue weighted by molar-refractivity contribution is -0.882. The Kier molecular flexibility index (Phi) is 6.99. The Hall–Kier alpha value is -2.08. The van der Waals surface area contributed by atoms with E-state index in [0.29, 0.717) is 30.0 Å². The van der Waals surface area contributed by atoms with E-state index in [1.54, 1.807) is 0 Å². The number of hydrogen-bond donors (Lipinski definition) is 0. The molecule has 6 nitrogen and oxygen atoms in total. The van der Waals surface area contributed by atoms with E-state index >= 15 is 0 Å². The molecule has 0 radical (unpaired) electrons. The molecule has 0 aromatic heterocycles. The largest absolute Gasteiger partial charge is 0.490 e. The van der Waals surface area contributed by atoms with Crippen molar-refractivity contribution in [3.8, 4) is 5.75 Å². The molecule has 2 aliphatic carbocycles. The Morgan fingerprint density at radius 3 is 2.39 bits per heavy atom. The zero-order chi connectivity index (χ0) is 22.7. The molecule has 2 bridgehead atoms. The Bertz CT molecular complexity index is 775. The molecule has 3 rings (SSSR count). The van der Waals surface area contributed by atoms with E-state index in [0.717, 1.165) is 18.6 Å². The average molecular weight is 433 g/mol. The first-order chi connectivity index (χ1) is 14.5. The van der Waals surface area contributed by atoms with E-state index in [1.807, 2.05) is 44.4 Å². The summed E-state index contributed by atoms with van der Waals surface area (Å²) in [6.07, 6.45) is 3.66. The summed E-state index contributed by atoms with van der Waals surface area (Å²) in [4.78, 5) is 24.7. The predicted molar refractivity (Wildman–Crippen MR) is 118 cm³/mol. The number of benzene rings is 1. The third kappa shape index (κ3) is 5.40. The van der Waals surface area contributed by atoms with Gasteiger partial charge < -0.3 is 18.7 Å².